The molecular weight excluding hydrogens is 312 g/mol. The number of aromatic nitrogens is 2. The highest BCUT2D eigenvalue weighted by Crippen LogP contribution is 2.23. The van der Waals surface area contributed by atoms with Gasteiger partial charge in [-0.15, -0.1) is 0 Å². The van der Waals surface area contributed by atoms with Crippen LogP contribution in [0.5, 0.6) is 0 Å². The van der Waals surface area contributed by atoms with Gasteiger partial charge in [0.1, 0.15) is 11.5 Å². The Morgan fingerprint density at radius 2 is 1.72 bits per heavy atom. The first-order valence-electron chi connectivity index (χ1n) is 8.90. The van der Waals surface area contributed by atoms with Crippen LogP contribution in [0.1, 0.15) is 46.9 Å². The van der Waals surface area contributed by atoms with Crippen LogP contribution >= 0.6 is 0 Å². The summed E-state index contributed by atoms with van der Waals surface area (Å²) in [4.78, 5) is 23.5. The van der Waals surface area contributed by atoms with E-state index in [1.807, 2.05) is 13.8 Å². The first-order valence-corrected chi connectivity index (χ1v) is 8.90. The number of piperidine rings is 1. The Hall–Kier alpha value is -2.43. The van der Waals surface area contributed by atoms with Crippen molar-refractivity contribution in [1.29, 1.82) is 0 Å². The van der Waals surface area contributed by atoms with Crippen LogP contribution in [-0.2, 0) is 0 Å². The Kier molecular flexibility index (Phi) is 5.02. The lowest BCUT2D eigenvalue weighted by Crippen LogP contribution is -2.33. The molecule has 0 radical (unpaired) electrons. The normalized spacial score (nSPS) is 15.3. The third-order valence-electron chi connectivity index (χ3n) is 4.89. The molecule has 0 aliphatic carbocycles. The molecule has 132 valence electrons. The molecule has 1 fully saturated rings. The van der Waals surface area contributed by atoms with E-state index < -0.39 is 0 Å². The molecule has 1 N–H and O–H groups in total. The number of hydrogen-bond acceptors (Lipinski definition) is 4. The lowest BCUT2D eigenvalue weighted by Gasteiger charge is -2.30. The molecule has 0 saturated carbocycles. The van der Waals surface area contributed by atoms with Gasteiger partial charge in [-0.2, -0.15) is 0 Å². The standard InChI is InChI=1S/C20H26N4O/c1-13-5-7-24(8-6-13)18-12-21-17(11-22-18)20(25)23-19-15(3)9-14(2)10-16(19)4/h9-13H,5-8H2,1-4H3,(H,23,25). The van der Waals surface area contributed by atoms with Gasteiger partial charge < -0.3 is 10.2 Å². The quantitative estimate of drug-likeness (QED) is 0.922. The SMILES string of the molecule is Cc1cc(C)c(NC(=O)c2cnc(N3CCC(C)CC3)cn2)c(C)c1. The van der Waals surface area contributed by atoms with Gasteiger partial charge in [-0.1, -0.05) is 24.6 Å². The number of carbonyl (C=O) groups is 1. The largest absolute Gasteiger partial charge is 0.355 e. The first kappa shape index (κ1) is 17.4. The minimum Gasteiger partial charge on any atom is -0.355 e. The second-order valence-corrected chi connectivity index (χ2v) is 7.16. The van der Waals surface area contributed by atoms with Gasteiger partial charge in [0, 0.05) is 18.8 Å². The van der Waals surface area contributed by atoms with Gasteiger partial charge in [0.2, 0.25) is 0 Å². The predicted octanol–water partition coefficient (Wildman–Crippen LogP) is 3.89. The van der Waals surface area contributed by atoms with E-state index in [2.05, 4.69) is 46.2 Å². The smallest absolute Gasteiger partial charge is 0.275 e. The van der Waals surface area contributed by atoms with Crippen molar-refractivity contribution in [2.45, 2.75) is 40.5 Å². The van der Waals surface area contributed by atoms with E-state index in [1.165, 1.54) is 18.4 Å². The van der Waals surface area contributed by atoms with E-state index in [0.29, 0.717) is 5.69 Å². The Morgan fingerprint density at radius 1 is 1.08 bits per heavy atom. The van der Waals surface area contributed by atoms with Gasteiger partial charge >= 0.3 is 0 Å². The molecule has 1 aromatic heterocycles. The molecule has 3 rings (SSSR count). The molecule has 1 aliphatic heterocycles. The van der Waals surface area contributed by atoms with Gasteiger partial charge in [-0.25, -0.2) is 9.97 Å². The summed E-state index contributed by atoms with van der Waals surface area (Å²) in [5.74, 6) is 1.41. The van der Waals surface area contributed by atoms with Crippen LogP contribution in [-0.4, -0.2) is 29.0 Å². The fourth-order valence-electron chi connectivity index (χ4n) is 3.39. The van der Waals surface area contributed by atoms with Crippen LogP contribution in [0.15, 0.2) is 24.5 Å². The van der Waals surface area contributed by atoms with Crippen molar-refractivity contribution in [2.75, 3.05) is 23.3 Å². The topological polar surface area (TPSA) is 58.1 Å². The van der Waals surface area contributed by atoms with Crippen LogP contribution in [0.3, 0.4) is 0 Å². The van der Waals surface area contributed by atoms with Gasteiger partial charge in [0.25, 0.3) is 5.91 Å². The molecule has 1 aliphatic rings. The van der Waals surface area contributed by atoms with Crippen molar-refractivity contribution < 1.29 is 4.79 Å². The molecule has 2 heterocycles. The zero-order chi connectivity index (χ0) is 18.0. The summed E-state index contributed by atoms with van der Waals surface area (Å²) >= 11 is 0. The fourth-order valence-corrected chi connectivity index (χ4v) is 3.39. The van der Waals surface area contributed by atoms with Gasteiger partial charge in [0.15, 0.2) is 0 Å². The highest BCUT2D eigenvalue weighted by atomic mass is 16.1. The summed E-state index contributed by atoms with van der Waals surface area (Å²) in [5.41, 5.74) is 4.49. The zero-order valence-electron chi connectivity index (χ0n) is 15.5. The summed E-state index contributed by atoms with van der Waals surface area (Å²) < 4.78 is 0. The molecule has 1 amide bonds. The van der Waals surface area contributed by atoms with E-state index in [-0.39, 0.29) is 5.91 Å². The van der Waals surface area contributed by atoms with E-state index in [9.17, 15) is 4.79 Å². The Bertz CT molecular complexity index is 739. The summed E-state index contributed by atoms with van der Waals surface area (Å²) in [6.07, 6.45) is 5.63. The highest BCUT2D eigenvalue weighted by Gasteiger charge is 2.18. The Balaban J connectivity index is 1.71. The summed E-state index contributed by atoms with van der Waals surface area (Å²) in [6, 6.07) is 4.13. The van der Waals surface area contributed by atoms with Crippen LogP contribution in [0.4, 0.5) is 11.5 Å². The monoisotopic (exact) mass is 338 g/mol. The van der Waals surface area contributed by atoms with Crippen LogP contribution in [0.2, 0.25) is 0 Å². The minimum atomic E-state index is -0.221. The molecule has 0 bridgehead atoms. The average Bonchev–Trinajstić information content (AvgIpc) is 2.59. The number of nitrogens with one attached hydrogen (secondary N) is 1. The van der Waals surface area contributed by atoms with Crippen LogP contribution in [0, 0.1) is 26.7 Å². The second-order valence-electron chi connectivity index (χ2n) is 7.16. The summed E-state index contributed by atoms with van der Waals surface area (Å²) in [7, 11) is 0. The van der Waals surface area contributed by atoms with Crippen molar-refractivity contribution >= 4 is 17.4 Å². The van der Waals surface area contributed by atoms with Crippen LogP contribution in [0.25, 0.3) is 0 Å². The van der Waals surface area contributed by atoms with Crippen molar-refractivity contribution in [2.24, 2.45) is 5.92 Å². The maximum absolute atomic E-state index is 12.5. The van der Waals surface area contributed by atoms with Crippen molar-refractivity contribution in [3.05, 3.63) is 46.9 Å². The number of amides is 1. The molecule has 5 nitrogen and oxygen atoms in total. The molecule has 0 atom stereocenters. The molecule has 25 heavy (non-hydrogen) atoms. The fraction of sp³-hybridized carbons (Fsp3) is 0.450. The van der Waals surface area contributed by atoms with Crippen molar-refractivity contribution in [3.8, 4) is 0 Å². The lowest BCUT2D eigenvalue weighted by atomic mass is 9.99. The molecule has 1 aromatic carbocycles. The summed E-state index contributed by atoms with van der Waals surface area (Å²) in [6.45, 7) is 10.3. The number of carbonyl (C=O) groups excluding carboxylic acids is 1. The number of aryl methyl sites for hydroxylation is 3. The third kappa shape index (κ3) is 3.98. The van der Waals surface area contributed by atoms with Crippen LogP contribution < -0.4 is 10.2 Å². The maximum Gasteiger partial charge on any atom is 0.275 e. The van der Waals surface area contributed by atoms with Crippen molar-refractivity contribution in [3.63, 3.8) is 0 Å². The van der Waals surface area contributed by atoms with Crippen molar-refractivity contribution in [1.82, 2.24) is 9.97 Å². The number of anilines is 2. The average molecular weight is 338 g/mol. The van der Waals surface area contributed by atoms with E-state index in [4.69, 9.17) is 0 Å². The number of benzene rings is 1. The molecule has 0 spiro atoms. The number of nitrogens with zero attached hydrogens (tertiary/aromatic N) is 3. The lowest BCUT2D eigenvalue weighted by molar-refractivity contribution is 0.102. The molecule has 0 unspecified atom stereocenters. The molecule has 1 saturated heterocycles. The third-order valence-corrected chi connectivity index (χ3v) is 4.89. The Morgan fingerprint density at radius 3 is 2.28 bits per heavy atom. The highest BCUT2D eigenvalue weighted by molar-refractivity contribution is 6.03. The minimum absolute atomic E-state index is 0.221. The van der Waals surface area contributed by atoms with Gasteiger partial charge in [-0.05, 0) is 50.7 Å². The maximum atomic E-state index is 12.5. The van der Waals surface area contributed by atoms with Gasteiger partial charge in [0.05, 0.1) is 12.4 Å². The van der Waals surface area contributed by atoms with E-state index >= 15 is 0 Å². The molecule has 5 heteroatoms. The predicted molar refractivity (Wildman–Crippen MR) is 101 cm³/mol. The van der Waals surface area contributed by atoms with E-state index in [0.717, 1.165) is 41.6 Å². The Labute approximate surface area is 149 Å². The zero-order valence-corrected chi connectivity index (χ0v) is 15.5. The van der Waals surface area contributed by atoms with Gasteiger partial charge in [-0.3, -0.25) is 4.79 Å². The number of hydrogen-bond donors (Lipinski definition) is 1. The molecular formula is C20H26N4O. The molecule has 2 aromatic rings. The second kappa shape index (κ2) is 7.21. The summed E-state index contributed by atoms with van der Waals surface area (Å²) in [5, 5.41) is 2.97. The van der Waals surface area contributed by atoms with E-state index in [1.54, 1.807) is 12.4 Å². The first-order chi connectivity index (χ1) is 11.9. The number of rotatable bonds is 3.